The maximum absolute atomic E-state index is 13.0. The quantitative estimate of drug-likeness (QED) is 0.739. The van der Waals surface area contributed by atoms with Crippen LogP contribution in [0.25, 0.3) is 11.0 Å². The van der Waals surface area contributed by atoms with E-state index in [1.54, 1.807) is 23.7 Å². The van der Waals surface area contributed by atoms with Gasteiger partial charge >= 0.3 is 5.69 Å². The molecule has 1 aromatic heterocycles. The molecule has 2 aliphatic rings. The molecule has 2 heterocycles. The molecule has 1 saturated heterocycles. The van der Waals surface area contributed by atoms with Crippen molar-refractivity contribution in [2.75, 3.05) is 13.1 Å². The van der Waals surface area contributed by atoms with Gasteiger partial charge in [-0.05, 0) is 51.5 Å². The summed E-state index contributed by atoms with van der Waals surface area (Å²) in [4.78, 5) is 27.7. The van der Waals surface area contributed by atoms with Crippen molar-refractivity contribution in [3.8, 4) is 5.75 Å². The molecule has 29 heavy (non-hydrogen) atoms. The minimum Gasteiger partial charge on any atom is -0.593 e. The zero-order valence-electron chi connectivity index (χ0n) is 17.6. The molecule has 2 fully saturated rings. The molecular weight excluding hydrogens is 370 g/mol. The number of hydrogen-bond acceptors (Lipinski definition) is 3. The summed E-state index contributed by atoms with van der Waals surface area (Å²) in [6, 6.07) is 5.33. The molecule has 0 radical (unpaired) electrons. The maximum atomic E-state index is 13.0. The van der Waals surface area contributed by atoms with E-state index in [1.165, 1.54) is 0 Å². The van der Waals surface area contributed by atoms with Gasteiger partial charge in [0.1, 0.15) is 0 Å². The first-order chi connectivity index (χ1) is 13.8. The number of hydrogen-bond donors (Lipinski definition) is 0. The molecule has 2 aromatic rings. The fraction of sp³-hybridized carbons (Fsp3) is 0.636. The average Bonchev–Trinajstić information content (AvgIpc) is 2.91. The van der Waals surface area contributed by atoms with Crippen LogP contribution < -0.4 is 5.69 Å². The summed E-state index contributed by atoms with van der Waals surface area (Å²) < 4.78 is 9.22. The van der Waals surface area contributed by atoms with Crippen LogP contribution in [0.3, 0.4) is 0 Å². The van der Waals surface area contributed by atoms with Gasteiger partial charge in [-0.2, -0.15) is 0 Å². The number of rotatable bonds is 3. The number of benzene rings is 1. The number of carbonyl (C=O) groups is 1. The highest BCUT2D eigenvalue weighted by molar-refractivity contribution is 5.79. The third-order valence-corrected chi connectivity index (χ3v) is 6.51. The first-order valence-corrected chi connectivity index (χ1v) is 10.7. The minimum atomic E-state index is -0.0277. The van der Waals surface area contributed by atoms with E-state index in [0.29, 0.717) is 31.3 Å². The SMILES string of the molecule is C[C@@H]1CN(C(=O)C2CCC(Cn3c(=O)n(C)c4ccc([OH2+])cc43)CC2)C[C@H](C)O1. The Balaban J connectivity index is 1.41. The Hall–Kier alpha value is -2.28. The number of morpholine rings is 1. The smallest absolute Gasteiger partial charge is 0.328 e. The molecule has 4 rings (SSSR count). The summed E-state index contributed by atoms with van der Waals surface area (Å²) in [7, 11) is 1.78. The van der Waals surface area contributed by atoms with Gasteiger partial charge in [-0.1, -0.05) is 0 Å². The van der Waals surface area contributed by atoms with E-state index in [1.807, 2.05) is 29.4 Å². The zero-order chi connectivity index (χ0) is 20.7. The van der Waals surface area contributed by atoms with Crippen molar-refractivity contribution in [2.45, 2.75) is 58.3 Å². The zero-order valence-corrected chi connectivity index (χ0v) is 17.6. The molecule has 158 valence electrons. The molecule has 0 bridgehead atoms. The highest BCUT2D eigenvalue weighted by atomic mass is 16.5. The van der Waals surface area contributed by atoms with Crippen molar-refractivity contribution < 1.29 is 14.6 Å². The van der Waals surface area contributed by atoms with E-state index >= 15 is 0 Å². The van der Waals surface area contributed by atoms with E-state index in [0.717, 1.165) is 36.7 Å². The molecule has 1 aliphatic heterocycles. The first kappa shape index (κ1) is 20.0. The molecular formula is C22H32N3O4+. The van der Waals surface area contributed by atoms with E-state index in [2.05, 4.69) is 0 Å². The number of amides is 1. The number of ether oxygens (including phenoxy) is 1. The normalized spacial score (nSPS) is 28.0. The highest BCUT2D eigenvalue weighted by Gasteiger charge is 2.33. The minimum absolute atomic E-state index is 0.0277. The van der Waals surface area contributed by atoms with Gasteiger partial charge in [0.15, 0.2) is 0 Å². The van der Waals surface area contributed by atoms with Crippen LogP contribution in [0, 0.1) is 11.8 Å². The molecule has 2 atom stereocenters. The molecule has 0 spiro atoms. The van der Waals surface area contributed by atoms with Crippen molar-refractivity contribution >= 4 is 16.9 Å². The Kier molecular flexibility index (Phi) is 5.42. The Morgan fingerprint density at radius 1 is 1.10 bits per heavy atom. The van der Waals surface area contributed by atoms with E-state index < -0.39 is 0 Å². The predicted octanol–water partition coefficient (Wildman–Crippen LogP) is 2.22. The number of aryl methyl sites for hydroxylation is 1. The van der Waals surface area contributed by atoms with Gasteiger partial charge in [0.25, 0.3) is 5.75 Å². The van der Waals surface area contributed by atoms with Crippen LogP contribution in [0.2, 0.25) is 0 Å². The summed E-state index contributed by atoms with van der Waals surface area (Å²) in [6.45, 7) is 6.08. The van der Waals surface area contributed by atoms with Crippen LogP contribution in [-0.2, 0) is 23.1 Å². The molecule has 1 aliphatic carbocycles. The summed E-state index contributed by atoms with van der Waals surface area (Å²) in [5, 5.41) is 7.90. The van der Waals surface area contributed by atoms with Crippen LogP contribution in [0.1, 0.15) is 39.5 Å². The van der Waals surface area contributed by atoms with Gasteiger partial charge in [-0.3, -0.25) is 13.9 Å². The second-order valence-corrected chi connectivity index (χ2v) is 8.87. The van der Waals surface area contributed by atoms with Crippen LogP contribution in [0.4, 0.5) is 0 Å². The second kappa shape index (κ2) is 7.86. The Bertz CT molecular complexity index is 945. The Labute approximate surface area is 170 Å². The third kappa shape index (κ3) is 3.92. The molecule has 2 N–H and O–H groups in total. The lowest BCUT2D eigenvalue weighted by Crippen LogP contribution is -2.50. The lowest BCUT2D eigenvalue weighted by molar-refractivity contribution is -0.148. The molecule has 0 unspecified atom stereocenters. The number of carbonyl (C=O) groups excluding carboxylic acids is 1. The summed E-state index contributed by atoms with van der Waals surface area (Å²) >= 11 is 0. The highest BCUT2D eigenvalue weighted by Crippen LogP contribution is 2.32. The number of imidazole rings is 1. The van der Waals surface area contributed by atoms with Gasteiger partial charge in [0.05, 0.1) is 29.3 Å². The fourth-order valence-electron chi connectivity index (χ4n) is 5.05. The first-order valence-electron chi connectivity index (χ1n) is 10.7. The van der Waals surface area contributed by atoms with Crippen LogP contribution in [0.5, 0.6) is 5.75 Å². The van der Waals surface area contributed by atoms with Gasteiger partial charge < -0.3 is 14.7 Å². The molecule has 7 heteroatoms. The Morgan fingerprint density at radius 3 is 2.41 bits per heavy atom. The van der Waals surface area contributed by atoms with Crippen LogP contribution >= 0.6 is 0 Å². The van der Waals surface area contributed by atoms with Gasteiger partial charge in [0.2, 0.25) is 5.91 Å². The number of nitrogens with zero attached hydrogens (tertiary/aromatic N) is 3. The second-order valence-electron chi connectivity index (χ2n) is 8.87. The van der Waals surface area contributed by atoms with E-state index in [4.69, 9.17) is 9.84 Å². The molecule has 7 nitrogen and oxygen atoms in total. The number of fused-ring (bicyclic) bond motifs is 1. The van der Waals surface area contributed by atoms with Gasteiger partial charge in [0, 0.05) is 38.7 Å². The summed E-state index contributed by atoms with van der Waals surface area (Å²) in [5.41, 5.74) is 1.67. The number of aromatic nitrogens is 2. The lowest BCUT2D eigenvalue weighted by atomic mass is 9.81. The van der Waals surface area contributed by atoms with Gasteiger partial charge in [-0.15, -0.1) is 0 Å². The standard InChI is InChI=1S/C22H31N3O4/c1-14-11-24(12-15(2)29-14)21(27)17-6-4-16(5-7-17)13-25-20-10-18(26)8-9-19(20)23(3)22(25)28/h8-10,14-17,26H,4-7,11-13H2,1-3H3/p+1/t14-,15+,16?,17?. The van der Waals surface area contributed by atoms with E-state index in [-0.39, 0.29) is 29.7 Å². The molecule has 1 saturated carbocycles. The fourth-order valence-corrected chi connectivity index (χ4v) is 5.05. The van der Waals surface area contributed by atoms with Crippen molar-refractivity contribution in [1.82, 2.24) is 14.0 Å². The van der Waals surface area contributed by atoms with Crippen molar-refractivity contribution in [3.05, 3.63) is 28.7 Å². The topological polar surface area (TPSA) is 79.4 Å². The van der Waals surface area contributed by atoms with Crippen molar-refractivity contribution in [3.63, 3.8) is 0 Å². The predicted molar refractivity (Wildman–Crippen MR) is 112 cm³/mol. The third-order valence-electron chi connectivity index (χ3n) is 6.51. The summed E-state index contributed by atoms with van der Waals surface area (Å²) in [6.07, 6.45) is 3.86. The van der Waals surface area contributed by atoms with Gasteiger partial charge in [-0.25, -0.2) is 4.79 Å². The van der Waals surface area contributed by atoms with Crippen LogP contribution in [0.15, 0.2) is 23.0 Å². The van der Waals surface area contributed by atoms with E-state index in [9.17, 15) is 9.59 Å². The maximum Gasteiger partial charge on any atom is 0.328 e. The molecule has 1 aromatic carbocycles. The monoisotopic (exact) mass is 402 g/mol. The van der Waals surface area contributed by atoms with Crippen LogP contribution in [-0.4, -0.2) is 50.3 Å². The van der Waals surface area contributed by atoms with Crippen molar-refractivity contribution in [1.29, 1.82) is 0 Å². The largest absolute Gasteiger partial charge is 0.593 e. The lowest BCUT2D eigenvalue weighted by Gasteiger charge is -2.38. The van der Waals surface area contributed by atoms with Crippen molar-refractivity contribution in [2.24, 2.45) is 18.9 Å². The Morgan fingerprint density at radius 2 is 1.76 bits per heavy atom. The summed E-state index contributed by atoms with van der Waals surface area (Å²) in [5.74, 6) is 1.17. The molecule has 1 amide bonds. The average molecular weight is 403 g/mol.